The van der Waals surface area contributed by atoms with Crippen LogP contribution in [0.2, 0.25) is 0 Å². The van der Waals surface area contributed by atoms with Crippen LogP contribution in [0.1, 0.15) is 19.4 Å². The summed E-state index contributed by atoms with van der Waals surface area (Å²) in [4.78, 5) is 24.4. The van der Waals surface area contributed by atoms with E-state index in [2.05, 4.69) is 10.0 Å². The SMILES string of the molecule is CC(C)[C@H](NS(=O)(=O)c1ccccc1)C(=O)OCC(=O)Nc1cccc(C#N)c1. The Morgan fingerprint density at radius 3 is 2.41 bits per heavy atom. The van der Waals surface area contributed by atoms with Gasteiger partial charge in [-0.1, -0.05) is 38.1 Å². The van der Waals surface area contributed by atoms with Crippen molar-refractivity contribution < 1.29 is 22.7 Å². The van der Waals surface area contributed by atoms with E-state index in [1.165, 1.54) is 18.2 Å². The molecule has 29 heavy (non-hydrogen) atoms. The molecule has 0 bridgehead atoms. The van der Waals surface area contributed by atoms with E-state index in [9.17, 15) is 18.0 Å². The molecule has 0 aromatic heterocycles. The first kappa shape index (κ1) is 22.1. The number of hydrogen-bond acceptors (Lipinski definition) is 6. The summed E-state index contributed by atoms with van der Waals surface area (Å²) in [6, 6.07) is 14.7. The van der Waals surface area contributed by atoms with Crippen molar-refractivity contribution in [3.05, 3.63) is 60.2 Å². The highest BCUT2D eigenvalue weighted by atomic mass is 32.2. The lowest BCUT2D eigenvalue weighted by Gasteiger charge is -2.20. The van der Waals surface area contributed by atoms with Gasteiger partial charge in [0.1, 0.15) is 6.04 Å². The molecule has 2 rings (SSSR count). The normalized spacial score (nSPS) is 12.1. The minimum atomic E-state index is -3.93. The Hall–Kier alpha value is -3.22. The van der Waals surface area contributed by atoms with E-state index in [0.29, 0.717) is 11.3 Å². The number of nitrogens with one attached hydrogen (secondary N) is 2. The summed E-state index contributed by atoms with van der Waals surface area (Å²) < 4.78 is 32.3. The molecule has 152 valence electrons. The number of benzene rings is 2. The Bertz CT molecular complexity index is 1010. The van der Waals surface area contributed by atoms with Crippen molar-refractivity contribution in [3.8, 4) is 6.07 Å². The zero-order chi connectivity index (χ0) is 21.4. The third kappa shape index (κ3) is 6.41. The summed E-state index contributed by atoms with van der Waals surface area (Å²) in [5, 5.41) is 11.4. The standard InChI is InChI=1S/C20H21N3O5S/c1-14(2)19(23-29(26,27)17-9-4-3-5-10-17)20(25)28-13-18(24)22-16-8-6-7-15(11-16)12-21/h3-11,14,19,23H,13H2,1-2H3,(H,22,24)/t19-/m0/s1. The molecule has 8 nitrogen and oxygen atoms in total. The number of hydrogen-bond donors (Lipinski definition) is 2. The molecule has 0 aliphatic rings. The zero-order valence-electron chi connectivity index (χ0n) is 16.0. The number of carbonyl (C=O) groups is 2. The molecule has 0 saturated heterocycles. The zero-order valence-corrected chi connectivity index (χ0v) is 16.8. The maximum absolute atomic E-state index is 12.5. The van der Waals surface area contributed by atoms with Crippen LogP contribution < -0.4 is 10.0 Å². The minimum absolute atomic E-state index is 0.0218. The van der Waals surface area contributed by atoms with Gasteiger partial charge in [-0.25, -0.2) is 8.42 Å². The van der Waals surface area contributed by atoms with Gasteiger partial charge in [0, 0.05) is 5.69 Å². The van der Waals surface area contributed by atoms with E-state index in [4.69, 9.17) is 10.00 Å². The fraction of sp³-hybridized carbons (Fsp3) is 0.250. The molecular weight excluding hydrogens is 394 g/mol. The molecule has 9 heteroatoms. The largest absolute Gasteiger partial charge is 0.454 e. The predicted molar refractivity (Wildman–Crippen MR) is 106 cm³/mol. The maximum atomic E-state index is 12.5. The summed E-state index contributed by atoms with van der Waals surface area (Å²) in [6.45, 7) is 2.73. The molecular formula is C20H21N3O5S. The van der Waals surface area contributed by atoms with Crippen LogP contribution in [0.25, 0.3) is 0 Å². The van der Waals surface area contributed by atoms with E-state index in [1.807, 2.05) is 6.07 Å². The average Bonchev–Trinajstić information content (AvgIpc) is 2.71. The van der Waals surface area contributed by atoms with Crippen LogP contribution in [-0.4, -0.2) is 32.9 Å². The molecule has 1 amide bonds. The van der Waals surface area contributed by atoms with Crippen molar-refractivity contribution in [2.45, 2.75) is 24.8 Å². The fourth-order valence-electron chi connectivity index (χ4n) is 2.38. The average molecular weight is 415 g/mol. The lowest BCUT2D eigenvalue weighted by Crippen LogP contribution is -2.45. The van der Waals surface area contributed by atoms with Crippen molar-refractivity contribution in [2.75, 3.05) is 11.9 Å². The molecule has 0 spiro atoms. The number of rotatable bonds is 8. The number of nitriles is 1. The molecule has 0 aliphatic carbocycles. The lowest BCUT2D eigenvalue weighted by atomic mass is 10.1. The van der Waals surface area contributed by atoms with Gasteiger partial charge in [-0.15, -0.1) is 0 Å². The Labute approximate surface area is 169 Å². The quantitative estimate of drug-likeness (QED) is 0.636. The van der Waals surface area contributed by atoms with Crippen LogP contribution in [0.4, 0.5) is 5.69 Å². The summed E-state index contributed by atoms with van der Waals surface area (Å²) in [5.74, 6) is -1.88. The maximum Gasteiger partial charge on any atom is 0.324 e. The van der Waals surface area contributed by atoms with E-state index < -0.39 is 40.5 Å². The molecule has 0 unspecified atom stereocenters. The first-order chi connectivity index (χ1) is 13.7. The van der Waals surface area contributed by atoms with Crippen molar-refractivity contribution in [1.82, 2.24) is 4.72 Å². The van der Waals surface area contributed by atoms with Gasteiger partial charge in [-0.05, 0) is 36.2 Å². The number of amides is 1. The molecule has 1 atom stereocenters. The van der Waals surface area contributed by atoms with Gasteiger partial charge >= 0.3 is 5.97 Å². The Balaban J connectivity index is 1.99. The van der Waals surface area contributed by atoms with Crippen molar-refractivity contribution in [3.63, 3.8) is 0 Å². The predicted octanol–water partition coefficient (Wildman–Crippen LogP) is 2.04. The molecule has 2 aromatic carbocycles. The van der Waals surface area contributed by atoms with E-state index in [-0.39, 0.29) is 4.90 Å². The fourth-order valence-corrected chi connectivity index (χ4v) is 3.74. The first-order valence-electron chi connectivity index (χ1n) is 8.77. The second kappa shape index (κ2) is 9.82. The van der Waals surface area contributed by atoms with Gasteiger partial charge in [0.05, 0.1) is 16.5 Å². The number of anilines is 1. The van der Waals surface area contributed by atoms with E-state index in [1.54, 1.807) is 50.2 Å². The van der Waals surface area contributed by atoms with E-state index >= 15 is 0 Å². The molecule has 0 saturated carbocycles. The summed E-state index contributed by atoms with van der Waals surface area (Å²) in [6.07, 6.45) is 0. The summed E-state index contributed by atoms with van der Waals surface area (Å²) in [7, 11) is -3.93. The van der Waals surface area contributed by atoms with Crippen LogP contribution >= 0.6 is 0 Å². The van der Waals surface area contributed by atoms with Gasteiger partial charge < -0.3 is 10.1 Å². The van der Waals surface area contributed by atoms with Gasteiger partial charge in [-0.3, -0.25) is 9.59 Å². The van der Waals surface area contributed by atoms with Crippen LogP contribution in [0.5, 0.6) is 0 Å². The number of ether oxygens (including phenoxy) is 1. The van der Waals surface area contributed by atoms with Crippen molar-refractivity contribution >= 4 is 27.6 Å². The third-order valence-corrected chi connectivity index (χ3v) is 5.33. The minimum Gasteiger partial charge on any atom is -0.454 e. The highest BCUT2D eigenvalue weighted by Crippen LogP contribution is 2.13. The lowest BCUT2D eigenvalue weighted by molar-refractivity contribution is -0.150. The van der Waals surface area contributed by atoms with Crippen LogP contribution in [0.3, 0.4) is 0 Å². The van der Waals surface area contributed by atoms with Gasteiger partial charge in [0.2, 0.25) is 10.0 Å². The number of carbonyl (C=O) groups excluding carboxylic acids is 2. The number of nitrogens with zero attached hydrogens (tertiary/aromatic N) is 1. The van der Waals surface area contributed by atoms with Crippen LogP contribution in [-0.2, 0) is 24.3 Å². The second-order valence-electron chi connectivity index (χ2n) is 6.50. The van der Waals surface area contributed by atoms with Crippen LogP contribution in [0.15, 0.2) is 59.5 Å². The van der Waals surface area contributed by atoms with E-state index in [0.717, 1.165) is 0 Å². The van der Waals surface area contributed by atoms with Crippen LogP contribution in [0, 0.1) is 17.2 Å². The topological polar surface area (TPSA) is 125 Å². The summed E-state index contributed by atoms with van der Waals surface area (Å²) in [5.41, 5.74) is 0.755. The summed E-state index contributed by atoms with van der Waals surface area (Å²) >= 11 is 0. The Kier molecular flexibility index (Phi) is 7.47. The first-order valence-corrected chi connectivity index (χ1v) is 10.3. The highest BCUT2D eigenvalue weighted by Gasteiger charge is 2.30. The molecule has 0 radical (unpaired) electrons. The van der Waals surface area contributed by atoms with Crippen molar-refractivity contribution in [1.29, 1.82) is 5.26 Å². The molecule has 0 heterocycles. The van der Waals surface area contributed by atoms with Crippen molar-refractivity contribution in [2.24, 2.45) is 5.92 Å². The monoisotopic (exact) mass is 415 g/mol. The molecule has 0 fully saturated rings. The van der Waals surface area contributed by atoms with Gasteiger partial charge in [0.15, 0.2) is 6.61 Å². The second-order valence-corrected chi connectivity index (χ2v) is 8.22. The Morgan fingerprint density at radius 2 is 1.79 bits per heavy atom. The highest BCUT2D eigenvalue weighted by molar-refractivity contribution is 7.89. The molecule has 0 aliphatic heterocycles. The third-order valence-electron chi connectivity index (χ3n) is 3.88. The van der Waals surface area contributed by atoms with Gasteiger partial charge in [0.25, 0.3) is 5.91 Å². The van der Waals surface area contributed by atoms with Gasteiger partial charge in [-0.2, -0.15) is 9.98 Å². The number of esters is 1. The smallest absolute Gasteiger partial charge is 0.324 e. The molecule has 2 aromatic rings. The molecule has 2 N–H and O–H groups in total. The Morgan fingerprint density at radius 1 is 1.10 bits per heavy atom. The number of sulfonamides is 1.